The Hall–Kier alpha value is -3.52. The van der Waals surface area contributed by atoms with Crippen LogP contribution in [0.15, 0.2) is 84.9 Å². The lowest BCUT2D eigenvalue weighted by Crippen LogP contribution is -2.22. The molecule has 5 aromatic rings. The molecule has 40 heavy (non-hydrogen) atoms. The van der Waals surface area contributed by atoms with E-state index in [2.05, 4.69) is 154 Å². The van der Waals surface area contributed by atoms with Crippen molar-refractivity contribution in [2.75, 3.05) is 0 Å². The molecule has 206 valence electrons. The molecule has 0 amide bonds. The predicted molar refractivity (Wildman–Crippen MR) is 172 cm³/mol. The van der Waals surface area contributed by atoms with E-state index >= 15 is 0 Å². The minimum atomic E-state index is -0.248. The molecule has 2 heterocycles. The molecule has 3 aromatic carbocycles. The molecule has 0 aliphatic carbocycles. The van der Waals surface area contributed by atoms with E-state index in [0.29, 0.717) is 0 Å². The number of pyridine rings is 2. The van der Waals surface area contributed by atoms with E-state index in [0.717, 1.165) is 33.2 Å². The van der Waals surface area contributed by atoms with Crippen molar-refractivity contribution < 1.29 is 0 Å². The lowest BCUT2D eigenvalue weighted by molar-refractivity contribution is 0.578. The highest BCUT2D eigenvalue weighted by Crippen LogP contribution is 2.37. The van der Waals surface area contributed by atoms with Gasteiger partial charge in [0, 0.05) is 21.6 Å². The number of hydrogen-bond acceptors (Lipinski definition) is 2. The Kier molecular flexibility index (Phi) is 6.69. The highest BCUT2D eigenvalue weighted by atomic mass is 14.8. The second kappa shape index (κ2) is 9.54. The summed E-state index contributed by atoms with van der Waals surface area (Å²) in [7, 11) is 0. The average molecular weight is 529 g/mol. The van der Waals surface area contributed by atoms with Crippen molar-refractivity contribution in [3.8, 4) is 0 Å². The molecular weight excluding hydrogens is 484 g/mol. The van der Waals surface area contributed by atoms with Crippen molar-refractivity contribution in [3.63, 3.8) is 0 Å². The van der Waals surface area contributed by atoms with Gasteiger partial charge in [0.25, 0.3) is 0 Å². The largest absolute Gasteiger partial charge is 0.250 e. The van der Waals surface area contributed by atoms with Crippen molar-refractivity contribution >= 4 is 21.8 Å². The van der Waals surface area contributed by atoms with Crippen molar-refractivity contribution in [1.82, 2.24) is 9.97 Å². The Balaban J connectivity index is 1.64. The van der Waals surface area contributed by atoms with Gasteiger partial charge in [-0.1, -0.05) is 142 Å². The molecular formula is C38H44N2. The third kappa shape index (κ3) is 5.05. The van der Waals surface area contributed by atoms with Gasteiger partial charge in [-0.15, -0.1) is 0 Å². The first-order valence-electron chi connectivity index (χ1n) is 14.5. The first kappa shape index (κ1) is 28.0. The fraction of sp³-hybridized carbons (Fsp3) is 0.368. The Labute approximate surface area is 240 Å². The molecule has 0 fully saturated rings. The van der Waals surface area contributed by atoms with E-state index in [9.17, 15) is 0 Å². The number of benzene rings is 3. The smallest absolute Gasteiger partial charge is 0.0968 e. The van der Waals surface area contributed by atoms with Crippen LogP contribution in [0.1, 0.15) is 103 Å². The summed E-state index contributed by atoms with van der Waals surface area (Å²) in [6, 6.07) is 31.1. The summed E-state index contributed by atoms with van der Waals surface area (Å²) in [6.07, 6.45) is 0. The van der Waals surface area contributed by atoms with Gasteiger partial charge in [-0.3, -0.25) is 0 Å². The van der Waals surface area contributed by atoms with Crippen LogP contribution >= 0.6 is 0 Å². The van der Waals surface area contributed by atoms with Crippen molar-refractivity contribution in [2.24, 2.45) is 0 Å². The molecule has 0 spiro atoms. The Bertz CT molecular complexity index is 1580. The number of nitrogens with zero attached hydrogens (tertiary/aromatic N) is 2. The number of rotatable bonds is 4. The Morgan fingerprint density at radius 1 is 0.400 bits per heavy atom. The zero-order valence-corrected chi connectivity index (χ0v) is 26.0. The van der Waals surface area contributed by atoms with Gasteiger partial charge < -0.3 is 0 Å². The van der Waals surface area contributed by atoms with Crippen LogP contribution in [0.2, 0.25) is 0 Å². The molecule has 0 radical (unpaired) electrons. The van der Waals surface area contributed by atoms with Gasteiger partial charge in [0.15, 0.2) is 0 Å². The molecule has 2 heteroatoms. The quantitative estimate of drug-likeness (QED) is 0.217. The molecule has 2 nitrogen and oxygen atoms in total. The van der Waals surface area contributed by atoms with E-state index in [4.69, 9.17) is 9.97 Å². The van der Waals surface area contributed by atoms with E-state index in [1.165, 1.54) is 22.3 Å². The molecule has 0 bridgehead atoms. The Morgan fingerprint density at radius 2 is 0.725 bits per heavy atom. The van der Waals surface area contributed by atoms with Gasteiger partial charge in [0.05, 0.1) is 22.4 Å². The lowest BCUT2D eigenvalue weighted by Gasteiger charge is -2.29. The maximum Gasteiger partial charge on any atom is 0.0968 e. The molecule has 0 aliphatic rings. The maximum absolute atomic E-state index is 5.32. The van der Waals surface area contributed by atoms with Crippen LogP contribution in [0.3, 0.4) is 0 Å². The van der Waals surface area contributed by atoms with Gasteiger partial charge in [-0.05, 0) is 45.2 Å². The van der Waals surface area contributed by atoms with Crippen LogP contribution < -0.4 is 0 Å². The molecule has 0 N–H and O–H groups in total. The topological polar surface area (TPSA) is 25.8 Å². The highest BCUT2D eigenvalue weighted by Gasteiger charge is 2.29. The van der Waals surface area contributed by atoms with Crippen LogP contribution in [-0.4, -0.2) is 9.97 Å². The molecule has 0 aliphatic heterocycles. The number of fused-ring (bicyclic) bond motifs is 3. The van der Waals surface area contributed by atoms with E-state index < -0.39 is 0 Å². The molecule has 0 saturated carbocycles. The monoisotopic (exact) mass is 528 g/mol. The van der Waals surface area contributed by atoms with Crippen molar-refractivity contribution in [2.45, 2.75) is 90.9 Å². The van der Waals surface area contributed by atoms with E-state index in [-0.39, 0.29) is 21.7 Å². The zero-order chi connectivity index (χ0) is 29.1. The third-order valence-corrected chi connectivity index (χ3v) is 8.70. The van der Waals surface area contributed by atoms with E-state index in [1.807, 2.05) is 0 Å². The second-order valence-electron chi connectivity index (χ2n) is 14.5. The first-order chi connectivity index (χ1) is 18.6. The summed E-state index contributed by atoms with van der Waals surface area (Å²) in [6.45, 7) is 22.7. The van der Waals surface area contributed by atoms with Crippen molar-refractivity contribution in [1.29, 1.82) is 0 Å². The van der Waals surface area contributed by atoms with Gasteiger partial charge >= 0.3 is 0 Å². The summed E-state index contributed by atoms with van der Waals surface area (Å²) in [5.41, 5.74) is 8.99. The van der Waals surface area contributed by atoms with Crippen LogP contribution in [0.5, 0.6) is 0 Å². The van der Waals surface area contributed by atoms with Crippen molar-refractivity contribution in [3.05, 3.63) is 119 Å². The number of aromatic nitrogens is 2. The van der Waals surface area contributed by atoms with Crippen LogP contribution in [0.4, 0.5) is 0 Å². The molecule has 0 saturated heterocycles. The normalized spacial score (nSPS) is 13.2. The number of hydrogen-bond donors (Lipinski definition) is 0. The lowest BCUT2D eigenvalue weighted by atomic mass is 9.77. The summed E-state index contributed by atoms with van der Waals surface area (Å²) >= 11 is 0. The molecule has 0 atom stereocenters. The summed E-state index contributed by atoms with van der Waals surface area (Å²) in [5, 5.41) is 2.24. The van der Waals surface area contributed by atoms with Crippen LogP contribution in [0.25, 0.3) is 21.8 Å². The van der Waals surface area contributed by atoms with Crippen LogP contribution in [-0.2, 0) is 21.7 Å². The predicted octanol–water partition coefficient (Wildman–Crippen LogP) is 10.0. The minimum absolute atomic E-state index is 0.0959. The Morgan fingerprint density at radius 3 is 1.07 bits per heavy atom. The highest BCUT2D eigenvalue weighted by molar-refractivity contribution is 6.02. The minimum Gasteiger partial charge on any atom is -0.250 e. The fourth-order valence-electron chi connectivity index (χ4n) is 5.51. The standard InChI is InChI=1S/C38H44N2/c1-35(2,3)27-13-11-15-29(23-27)37(7,8)31-21-19-25-17-18-26-20-22-32(40-34(26)33(25)39-31)38(9,10)30-16-12-14-28(24-30)36(4,5)6/h11-24H,1-10H3. The van der Waals surface area contributed by atoms with Crippen LogP contribution in [0, 0.1) is 0 Å². The van der Waals surface area contributed by atoms with Gasteiger partial charge in [-0.2, -0.15) is 0 Å². The summed E-state index contributed by atoms with van der Waals surface area (Å²) in [4.78, 5) is 10.6. The summed E-state index contributed by atoms with van der Waals surface area (Å²) in [5.74, 6) is 0. The summed E-state index contributed by atoms with van der Waals surface area (Å²) < 4.78 is 0. The fourth-order valence-corrected chi connectivity index (χ4v) is 5.51. The van der Waals surface area contributed by atoms with Gasteiger partial charge in [0.2, 0.25) is 0 Å². The van der Waals surface area contributed by atoms with E-state index in [1.54, 1.807) is 0 Å². The van der Waals surface area contributed by atoms with Gasteiger partial charge in [-0.25, -0.2) is 9.97 Å². The third-order valence-electron chi connectivity index (χ3n) is 8.70. The molecule has 5 rings (SSSR count). The zero-order valence-electron chi connectivity index (χ0n) is 26.0. The molecule has 0 unspecified atom stereocenters. The maximum atomic E-state index is 5.32. The SMILES string of the molecule is CC(C)(C)c1cccc(C(C)(C)c2ccc3ccc4ccc(C(C)(C)c5cccc(C(C)(C)C)c5)nc4c3n2)c1. The first-order valence-corrected chi connectivity index (χ1v) is 14.5. The average Bonchev–Trinajstić information content (AvgIpc) is 2.91. The second-order valence-corrected chi connectivity index (χ2v) is 14.5. The van der Waals surface area contributed by atoms with Gasteiger partial charge in [0.1, 0.15) is 0 Å². The molecule has 2 aromatic heterocycles.